The minimum absolute atomic E-state index is 0.00618. The molecule has 2 amide bonds. The van der Waals surface area contributed by atoms with Gasteiger partial charge in [0.05, 0.1) is 12.6 Å². The van der Waals surface area contributed by atoms with Crippen molar-refractivity contribution in [2.24, 2.45) is 5.92 Å². The summed E-state index contributed by atoms with van der Waals surface area (Å²) in [6, 6.07) is 9.85. The van der Waals surface area contributed by atoms with Crippen LogP contribution in [0.2, 0.25) is 5.02 Å². The zero-order chi connectivity index (χ0) is 21.7. The number of nitrogens with one attached hydrogen (secondary N) is 1. The molecule has 6 heteroatoms. The third-order valence-corrected chi connectivity index (χ3v) is 8.37. The lowest BCUT2D eigenvalue weighted by molar-refractivity contribution is 0.161. The first-order chi connectivity index (χ1) is 15.0. The van der Waals surface area contributed by atoms with Crippen LogP contribution in [0, 0.1) is 12.8 Å². The summed E-state index contributed by atoms with van der Waals surface area (Å²) >= 11 is 8.23. The summed E-state index contributed by atoms with van der Waals surface area (Å²) in [7, 11) is 0. The normalized spacial score (nSPS) is 17.7. The predicted molar refractivity (Wildman–Crippen MR) is 129 cm³/mol. The van der Waals surface area contributed by atoms with Gasteiger partial charge >= 0.3 is 6.03 Å². The van der Waals surface area contributed by atoms with Crippen LogP contribution in [0.5, 0.6) is 0 Å². The number of rotatable bonds is 2. The highest BCUT2D eigenvalue weighted by Crippen LogP contribution is 2.44. The Kier molecular flexibility index (Phi) is 5.35. The molecule has 1 aliphatic carbocycles. The Morgan fingerprint density at radius 2 is 1.97 bits per heavy atom. The SMILES string of the molecule is Cc1c(Cl)cccc1NC(=O)N1Cc2c(sc3c2CCCC3)-n2cccc2C1C(C)C. The monoisotopic (exact) mass is 453 g/mol. The van der Waals surface area contributed by atoms with Gasteiger partial charge in [0.25, 0.3) is 0 Å². The van der Waals surface area contributed by atoms with E-state index < -0.39 is 0 Å². The second-order valence-corrected chi connectivity index (χ2v) is 10.4. The van der Waals surface area contributed by atoms with Gasteiger partial charge in [-0.25, -0.2) is 4.79 Å². The lowest BCUT2D eigenvalue weighted by Crippen LogP contribution is -2.39. The van der Waals surface area contributed by atoms with E-state index in [0.717, 1.165) is 24.1 Å². The molecule has 1 aliphatic heterocycles. The second kappa shape index (κ2) is 8.03. The van der Waals surface area contributed by atoms with Gasteiger partial charge in [0.15, 0.2) is 0 Å². The maximum atomic E-state index is 13.7. The van der Waals surface area contributed by atoms with Crippen LogP contribution in [0.1, 0.15) is 60.0 Å². The molecule has 5 rings (SSSR count). The van der Waals surface area contributed by atoms with Crippen molar-refractivity contribution in [3.05, 3.63) is 68.8 Å². The zero-order valence-corrected chi connectivity index (χ0v) is 19.8. The number of benzene rings is 1. The van der Waals surface area contributed by atoms with Crippen molar-refractivity contribution >= 4 is 34.7 Å². The summed E-state index contributed by atoms with van der Waals surface area (Å²) in [4.78, 5) is 17.2. The standard InChI is InChI=1S/C25H28ClN3OS/c1-15(2)23-21-11-7-13-28(21)24-18(17-8-4-5-12-22(17)31-24)14-29(23)25(30)27-20-10-6-9-19(26)16(20)3/h6-7,9-11,13,15,23H,4-5,8,12,14H2,1-3H3,(H,27,30). The molecule has 0 saturated carbocycles. The Morgan fingerprint density at radius 3 is 2.77 bits per heavy atom. The molecular weight excluding hydrogens is 426 g/mol. The molecule has 2 aliphatic rings. The van der Waals surface area contributed by atoms with E-state index in [9.17, 15) is 4.79 Å². The van der Waals surface area contributed by atoms with E-state index in [1.807, 2.05) is 41.4 Å². The predicted octanol–water partition coefficient (Wildman–Crippen LogP) is 7.12. The molecule has 1 atom stereocenters. The Labute approximate surface area is 192 Å². The van der Waals surface area contributed by atoms with Crippen molar-refractivity contribution in [3.63, 3.8) is 0 Å². The van der Waals surface area contributed by atoms with Crippen LogP contribution in [-0.4, -0.2) is 15.5 Å². The van der Waals surface area contributed by atoms with Crippen LogP contribution in [-0.2, 0) is 19.4 Å². The van der Waals surface area contributed by atoms with Crippen molar-refractivity contribution in [1.82, 2.24) is 9.47 Å². The number of urea groups is 1. The smallest absolute Gasteiger partial charge is 0.311 e. The summed E-state index contributed by atoms with van der Waals surface area (Å²) in [6.45, 7) is 6.97. The number of nitrogens with zero attached hydrogens (tertiary/aromatic N) is 2. The fourth-order valence-electron chi connectivity index (χ4n) is 5.05. The van der Waals surface area contributed by atoms with E-state index in [4.69, 9.17) is 11.6 Å². The second-order valence-electron chi connectivity index (χ2n) is 8.96. The Bertz CT molecular complexity index is 1150. The van der Waals surface area contributed by atoms with Gasteiger partial charge in [0.2, 0.25) is 0 Å². The maximum Gasteiger partial charge on any atom is 0.322 e. The number of halogens is 1. The number of hydrogen-bond donors (Lipinski definition) is 1. The van der Waals surface area contributed by atoms with E-state index >= 15 is 0 Å². The van der Waals surface area contributed by atoms with E-state index in [1.54, 1.807) is 0 Å². The van der Waals surface area contributed by atoms with Crippen LogP contribution in [0.4, 0.5) is 10.5 Å². The molecule has 4 nitrogen and oxygen atoms in total. The minimum atomic E-state index is -0.0690. The number of carbonyl (C=O) groups excluding carboxylic acids is 1. The van der Waals surface area contributed by atoms with Gasteiger partial charge < -0.3 is 14.8 Å². The molecule has 0 bridgehead atoms. The van der Waals surface area contributed by atoms with Crippen LogP contribution in [0.3, 0.4) is 0 Å². The molecule has 0 fully saturated rings. The summed E-state index contributed by atoms with van der Waals surface area (Å²) in [6.07, 6.45) is 6.93. The molecule has 0 saturated heterocycles. The summed E-state index contributed by atoms with van der Waals surface area (Å²) in [5, 5.41) is 5.12. The number of thiophene rings is 1. The van der Waals surface area contributed by atoms with Crippen LogP contribution < -0.4 is 5.32 Å². The zero-order valence-electron chi connectivity index (χ0n) is 18.2. The number of aromatic nitrogens is 1. The van der Waals surface area contributed by atoms with Crippen molar-refractivity contribution in [2.45, 2.75) is 59.0 Å². The molecule has 0 spiro atoms. The molecule has 1 aromatic carbocycles. The number of hydrogen-bond acceptors (Lipinski definition) is 2. The van der Waals surface area contributed by atoms with Gasteiger partial charge in [-0.3, -0.25) is 0 Å². The molecular formula is C25H28ClN3OS. The quantitative estimate of drug-likeness (QED) is 0.440. The van der Waals surface area contributed by atoms with Crippen LogP contribution in [0.25, 0.3) is 5.00 Å². The Hall–Kier alpha value is -2.24. The minimum Gasteiger partial charge on any atom is -0.311 e. The number of carbonyl (C=O) groups is 1. The van der Waals surface area contributed by atoms with E-state index in [2.05, 4.69) is 42.1 Å². The Morgan fingerprint density at radius 1 is 1.16 bits per heavy atom. The number of anilines is 1. The number of amides is 2. The third-order valence-electron chi connectivity index (χ3n) is 6.63. The van der Waals surface area contributed by atoms with Gasteiger partial charge in [-0.05, 0) is 73.9 Å². The highest BCUT2D eigenvalue weighted by Gasteiger charge is 2.36. The molecule has 3 aromatic rings. The van der Waals surface area contributed by atoms with Gasteiger partial charge in [-0.2, -0.15) is 0 Å². The van der Waals surface area contributed by atoms with E-state index in [-0.39, 0.29) is 18.0 Å². The van der Waals surface area contributed by atoms with Gasteiger partial charge in [0, 0.05) is 33.0 Å². The highest BCUT2D eigenvalue weighted by atomic mass is 35.5. The van der Waals surface area contributed by atoms with Crippen molar-refractivity contribution < 1.29 is 4.79 Å². The molecule has 162 valence electrons. The first-order valence-electron chi connectivity index (χ1n) is 11.1. The highest BCUT2D eigenvalue weighted by molar-refractivity contribution is 7.15. The van der Waals surface area contributed by atoms with Gasteiger partial charge in [-0.1, -0.05) is 31.5 Å². The molecule has 2 aromatic heterocycles. The van der Waals surface area contributed by atoms with Gasteiger partial charge in [-0.15, -0.1) is 11.3 Å². The molecule has 0 radical (unpaired) electrons. The van der Waals surface area contributed by atoms with Crippen molar-refractivity contribution in [2.75, 3.05) is 5.32 Å². The summed E-state index contributed by atoms with van der Waals surface area (Å²) in [5.74, 6) is 0.282. The van der Waals surface area contributed by atoms with Crippen molar-refractivity contribution in [3.8, 4) is 5.00 Å². The molecule has 3 heterocycles. The van der Waals surface area contributed by atoms with E-state index in [1.165, 1.54) is 39.5 Å². The molecule has 1 unspecified atom stereocenters. The number of fused-ring (bicyclic) bond motifs is 5. The number of aryl methyl sites for hydroxylation is 1. The molecule has 1 N–H and O–H groups in total. The third kappa shape index (κ3) is 3.48. The first-order valence-corrected chi connectivity index (χ1v) is 12.3. The fraction of sp³-hybridized carbons (Fsp3) is 0.400. The average molecular weight is 454 g/mol. The average Bonchev–Trinajstić information content (AvgIpc) is 3.32. The summed E-state index contributed by atoms with van der Waals surface area (Å²) < 4.78 is 2.33. The van der Waals surface area contributed by atoms with Crippen LogP contribution >= 0.6 is 22.9 Å². The lowest BCUT2D eigenvalue weighted by Gasteiger charge is -2.33. The Balaban J connectivity index is 1.60. The lowest BCUT2D eigenvalue weighted by atomic mass is 9.94. The topological polar surface area (TPSA) is 37.3 Å². The fourth-order valence-corrected chi connectivity index (χ4v) is 6.63. The van der Waals surface area contributed by atoms with E-state index in [0.29, 0.717) is 11.6 Å². The largest absolute Gasteiger partial charge is 0.322 e. The molecule has 31 heavy (non-hydrogen) atoms. The maximum absolute atomic E-state index is 13.7. The van der Waals surface area contributed by atoms with Crippen LogP contribution in [0.15, 0.2) is 36.5 Å². The van der Waals surface area contributed by atoms with Gasteiger partial charge in [0.1, 0.15) is 5.00 Å². The van der Waals surface area contributed by atoms with Crippen molar-refractivity contribution in [1.29, 1.82) is 0 Å². The first kappa shape index (κ1) is 20.7. The summed E-state index contributed by atoms with van der Waals surface area (Å²) in [5.41, 5.74) is 5.66.